The van der Waals surface area contributed by atoms with E-state index in [0.29, 0.717) is 5.69 Å². The number of sulfonamides is 1. The molecule has 1 aromatic carbocycles. The minimum Gasteiger partial charge on any atom is -0.353 e. The molecule has 0 saturated carbocycles. The summed E-state index contributed by atoms with van der Waals surface area (Å²) in [4.78, 5) is 7.86. The third-order valence-corrected chi connectivity index (χ3v) is 5.49. The average Bonchev–Trinajstić information content (AvgIpc) is 2.89. The molecule has 24 heavy (non-hydrogen) atoms. The van der Waals surface area contributed by atoms with Gasteiger partial charge in [-0.05, 0) is 24.3 Å². The Bertz CT molecular complexity index is 1040. The zero-order valence-corrected chi connectivity index (χ0v) is 14.8. The fraction of sp³-hybridized carbons (Fsp3) is 0.250. The lowest BCUT2D eigenvalue weighted by Gasteiger charge is -2.11. The predicted molar refractivity (Wildman–Crippen MR) is 95.8 cm³/mol. The smallest absolute Gasteiger partial charge is 0.242 e. The van der Waals surface area contributed by atoms with Gasteiger partial charge < -0.3 is 9.99 Å². The van der Waals surface area contributed by atoms with Crippen LogP contribution in [0, 0.1) is 0 Å². The van der Waals surface area contributed by atoms with E-state index in [1.165, 1.54) is 18.4 Å². The molecule has 0 aliphatic carbocycles. The molecule has 2 aromatic heterocycles. The molecule has 0 spiro atoms. The van der Waals surface area contributed by atoms with E-state index in [0.717, 1.165) is 21.8 Å². The van der Waals surface area contributed by atoms with Gasteiger partial charge in [0.2, 0.25) is 10.0 Å². The van der Waals surface area contributed by atoms with Crippen molar-refractivity contribution in [2.75, 3.05) is 28.2 Å². The van der Waals surface area contributed by atoms with Gasteiger partial charge >= 0.3 is 0 Å². The molecule has 3 aromatic rings. The molecule has 0 aliphatic rings. The number of nitrogens with zero attached hydrogens (tertiary/aromatic N) is 4. The Morgan fingerprint density at radius 2 is 1.79 bits per heavy atom. The summed E-state index contributed by atoms with van der Waals surface area (Å²) in [6.07, 6.45) is 3.39. The average molecular weight is 345 g/mol. The number of benzene rings is 1. The van der Waals surface area contributed by atoms with Crippen LogP contribution in [0.1, 0.15) is 5.69 Å². The van der Waals surface area contributed by atoms with Crippen LogP contribution < -0.4 is 0 Å². The Morgan fingerprint density at radius 1 is 1.08 bits per heavy atom. The molecule has 0 aliphatic heterocycles. The summed E-state index contributed by atoms with van der Waals surface area (Å²) in [6, 6.07) is 6.97. The summed E-state index contributed by atoms with van der Waals surface area (Å²) in [5, 5.41) is 7.62. The quantitative estimate of drug-likeness (QED) is 0.578. The Kier molecular flexibility index (Phi) is 4.02. The van der Waals surface area contributed by atoms with E-state index in [2.05, 4.69) is 15.1 Å². The van der Waals surface area contributed by atoms with Crippen LogP contribution in [0.4, 0.5) is 0 Å². The lowest BCUT2D eigenvalue weighted by Crippen LogP contribution is -2.22. The van der Waals surface area contributed by atoms with E-state index < -0.39 is 10.0 Å². The van der Waals surface area contributed by atoms with E-state index in [9.17, 15) is 8.42 Å². The fourth-order valence-corrected chi connectivity index (χ4v) is 3.34. The highest BCUT2D eigenvalue weighted by Gasteiger charge is 2.18. The number of nitrogens with one attached hydrogen (secondary N) is 1. The fourth-order valence-electron chi connectivity index (χ4n) is 2.41. The van der Waals surface area contributed by atoms with Gasteiger partial charge in [-0.3, -0.25) is 4.98 Å². The number of aromatic nitrogens is 2. The monoisotopic (exact) mass is 345 g/mol. The second kappa shape index (κ2) is 5.88. The van der Waals surface area contributed by atoms with E-state index in [1.54, 1.807) is 35.6 Å². The number of hydrazone groups is 1. The summed E-state index contributed by atoms with van der Waals surface area (Å²) in [5.74, 6) is 0. The first-order valence-electron chi connectivity index (χ1n) is 7.34. The first-order chi connectivity index (χ1) is 11.3. The van der Waals surface area contributed by atoms with Gasteiger partial charge in [0.05, 0.1) is 28.5 Å². The molecule has 1 N–H and O–H groups in total. The van der Waals surface area contributed by atoms with Gasteiger partial charge in [-0.1, -0.05) is 0 Å². The van der Waals surface area contributed by atoms with Gasteiger partial charge in [-0.25, -0.2) is 12.7 Å². The van der Waals surface area contributed by atoms with Crippen molar-refractivity contribution >= 4 is 38.0 Å². The standard InChI is InChI=1S/C16H19N5O2S/c1-20(2)18-9-11-7-13-14-8-12(24(22,23)21(3)4)5-6-15(14)19-16(13)10-17-11/h5-10,19H,1-4H3. The second-order valence-electron chi connectivity index (χ2n) is 5.87. The van der Waals surface area contributed by atoms with Crippen LogP contribution in [0.2, 0.25) is 0 Å². The molecule has 2 heterocycles. The summed E-state index contributed by atoms with van der Waals surface area (Å²) >= 11 is 0. The number of hydrogen-bond acceptors (Lipinski definition) is 5. The summed E-state index contributed by atoms with van der Waals surface area (Å²) in [5.41, 5.74) is 2.43. The van der Waals surface area contributed by atoms with Crippen LogP contribution in [0.5, 0.6) is 0 Å². The van der Waals surface area contributed by atoms with Crippen molar-refractivity contribution in [2.45, 2.75) is 4.90 Å². The van der Waals surface area contributed by atoms with Gasteiger partial charge in [0.25, 0.3) is 0 Å². The molecular weight excluding hydrogens is 326 g/mol. The molecule has 0 fully saturated rings. The largest absolute Gasteiger partial charge is 0.353 e. The Labute approximate surface area is 140 Å². The summed E-state index contributed by atoms with van der Waals surface area (Å²) < 4.78 is 25.9. The van der Waals surface area contributed by atoms with Crippen molar-refractivity contribution in [3.8, 4) is 0 Å². The normalized spacial score (nSPS) is 12.7. The summed E-state index contributed by atoms with van der Waals surface area (Å²) in [7, 11) is 3.23. The van der Waals surface area contributed by atoms with Gasteiger partial charge in [0, 0.05) is 44.5 Å². The second-order valence-corrected chi connectivity index (χ2v) is 8.02. The van der Waals surface area contributed by atoms with Crippen LogP contribution in [-0.2, 0) is 10.0 Å². The Morgan fingerprint density at radius 3 is 2.46 bits per heavy atom. The SMILES string of the molecule is CN(C)N=Cc1cc2c(cn1)[nH]c1ccc(S(=O)(=O)N(C)C)cc12. The minimum atomic E-state index is -3.48. The maximum atomic E-state index is 12.4. The number of fused-ring (bicyclic) bond motifs is 3. The van der Waals surface area contributed by atoms with Crippen LogP contribution in [0.3, 0.4) is 0 Å². The third kappa shape index (κ3) is 2.85. The highest BCUT2D eigenvalue weighted by molar-refractivity contribution is 7.89. The highest BCUT2D eigenvalue weighted by Crippen LogP contribution is 2.28. The molecule has 3 rings (SSSR count). The van der Waals surface area contributed by atoms with E-state index in [4.69, 9.17) is 0 Å². The number of H-pyrrole nitrogens is 1. The van der Waals surface area contributed by atoms with Crippen molar-refractivity contribution in [1.82, 2.24) is 19.3 Å². The van der Waals surface area contributed by atoms with Crippen molar-refractivity contribution in [1.29, 1.82) is 0 Å². The number of pyridine rings is 1. The van der Waals surface area contributed by atoms with Gasteiger partial charge in [-0.2, -0.15) is 5.10 Å². The van der Waals surface area contributed by atoms with Gasteiger partial charge in [-0.15, -0.1) is 0 Å². The minimum absolute atomic E-state index is 0.265. The van der Waals surface area contributed by atoms with E-state index in [1.807, 2.05) is 20.2 Å². The zero-order valence-electron chi connectivity index (χ0n) is 14.0. The first kappa shape index (κ1) is 16.4. The molecule has 0 bridgehead atoms. The Balaban J connectivity index is 2.20. The lowest BCUT2D eigenvalue weighted by molar-refractivity contribution is 0.440. The Hall–Kier alpha value is -2.45. The molecule has 126 valence electrons. The van der Waals surface area contributed by atoms with Crippen LogP contribution in [-0.4, -0.2) is 62.1 Å². The first-order valence-corrected chi connectivity index (χ1v) is 8.78. The maximum absolute atomic E-state index is 12.4. The number of rotatable bonds is 4. The van der Waals surface area contributed by atoms with Crippen LogP contribution in [0.15, 0.2) is 40.5 Å². The van der Waals surface area contributed by atoms with Crippen LogP contribution in [0.25, 0.3) is 21.8 Å². The molecule has 0 amide bonds. The highest BCUT2D eigenvalue weighted by atomic mass is 32.2. The van der Waals surface area contributed by atoms with Crippen molar-refractivity contribution in [3.05, 3.63) is 36.2 Å². The van der Waals surface area contributed by atoms with Crippen molar-refractivity contribution in [2.24, 2.45) is 5.10 Å². The topological polar surface area (TPSA) is 81.7 Å². The molecule has 0 atom stereocenters. The van der Waals surface area contributed by atoms with Gasteiger partial charge in [0.15, 0.2) is 0 Å². The van der Waals surface area contributed by atoms with Gasteiger partial charge in [0.1, 0.15) is 0 Å². The zero-order chi connectivity index (χ0) is 17.5. The van der Waals surface area contributed by atoms with Crippen LogP contribution >= 0.6 is 0 Å². The van der Waals surface area contributed by atoms with E-state index in [-0.39, 0.29) is 4.90 Å². The molecule has 0 unspecified atom stereocenters. The molecule has 0 saturated heterocycles. The molecular formula is C16H19N5O2S. The predicted octanol–water partition coefficient (Wildman–Crippen LogP) is 1.86. The lowest BCUT2D eigenvalue weighted by atomic mass is 10.2. The van der Waals surface area contributed by atoms with Crippen molar-refractivity contribution < 1.29 is 8.42 Å². The summed E-state index contributed by atoms with van der Waals surface area (Å²) in [6.45, 7) is 0. The number of hydrogen-bond donors (Lipinski definition) is 1. The molecule has 8 heteroatoms. The molecule has 0 radical (unpaired) electrons. The van der Waals surface area contributed by atoms with E-state index >= 15 is 0 Å². The molecule has 7 nitrogen and oxygen atoms in total. The number of aromatic amines is 1. The maximum Gasteiger partial charge on any atom is 0.242 e. The van der Waals surface area contributed by atoms with Crippen molar-refractivity contribution in [3.63, 3.8) is 0 Å². The third-order valence-electron chi connectivity index (χ3n) is 3.68.